The van der Waals surface area contributed by atoms with Gasteiger partial charge in [-0.25, -0.2) is 0 Å². The van der Waals surface area contributed by atoms with Gasteiger partial charge < -0.3 is 14.8 Å². The van der Waals surface area contributed by atoms with E-state index in [1.165, 1.54) is 36.8 Å². The molecular weight excluding hydrogens is 352 g/mol. The molecule has 1 fully saturated rings. The summed E-state index contributed by atoms with van der Waals surface area (Å²) in [6.07, 6.45) is 10.3. The second-order valence-corrected chi connectivity index (χ2v) is 7.89. The van der Waals surface area contributed by atoms with Gasteiger partial charge in [-0.1, -0.05) is 17.7 Å². The lowest BCUT2D eigenvalue weighted by Gasteiger charge is -2.31. The molecule has 1 heterocycles. The largest absolute Gasteiger partial charge is 0.493 e. The van der Waals surface area contributed by atoms with Gasteiger partial charge in [0.2, 0.25) is 5.91 Å². The predicted molar refractivity (Wildman–Crippen MR) is 112 cm³/mol. The van der Waals surface area contributed by atoms with Crippen molar-refractivity contribution < 1.29 is 14.3 Å². The molecule has 5 heteroatoms. The molecule has 28 heavy (non-hydrogen) atoms. The molecule has 1 amide bonds. The highest BCUT2D eigenvalue weighted by atomic mass is 16.5. The summed E-state index contributed by atoms with van der Waals surface area (Å²) in [5.41, 5.74) is 2.73. The first-order chi connectivity index (χ1) is 13.7. The van der Waals surface area contributed by atoms with E-state index in [4.69, 9.17) is 9.47 Å². The smallest absolute Gasteiger partial charge is 0.223 e. The molecule has 1 saturated heterocycles. The second kappa shape index (κ2) is 10.5. The molecule has 0 spiro atoms. The Labute approximate surface area is 169 Å². The number of hydrogen-bond donors (Lipinski definition) is 1. The van der Waals surface area contributed by atoms with Crippen LogP contribution in [0.5, 0.6) is 11.5 Å². The molecule has 154 valence electrons. The van der Waals surface area contributed by atoms with Crippen molar-refractivity contribution in [1.29, 1.82) is 0 Å². The number of carbonyl (C=O) groups excluding carboxylic acids is 1. The fraction of sp³-hybridized carbons (Fsp3) is 0.609. The summed E-state index contributed by atoms with van der Waals surface area (Å²) < 4.78 is 10.7. The minimum absolute atomic E-state index is 0.155. The van der Waals surface area contributed by atoms with Gasteiger partial charge in [-0.2, -0.15) is 0 Å². The van der Waals surface area contributed by atoms with Crippen LogP contribution in [0.3, 0.4) is 0 Å². The molecule has 0 unspecified atom stereocenters. The Morgan fingerprint density at radius 1 is 1.14 bits per heavy atom. The summed E-state index contributed by atoms with van der Waals surface area (Å²) in [6, 6.07) is 6.08. The number of likely N-dealkylation sites (tertiary alicyclic amines) is 1. The molecule has 0 aromatic heterocycles. The number of nitrogens with one attached hydrogen (secondary N) is 1. The van der Waals surface area contributed by atoms with Gasteiger partial charge in [0.25, 0.3) is 0 Å². The number of rotatable bonds is 8. The molecule has 5 nitrogen and oxygen atoms in total. The van der Waals surface area contributed by atoms with E-state index in [1.807, 2.05) is 12.1 Å². The van der Waals surface area contributed by atoms with Crippen LogP contribution in [-0.2, 0) is 11.3 Å². The number of ether oxygens (including phenoxy) is 2. The maximum absolute atomic E-state index is 12.5. The van der Waals surface area contributed by atoms with E-state index in [0.29, 0.717) is 0 Å². The zero-order valence-electron chi connectivity index (χ0n) is 17.3. The van der Waals surface area contributed by atoms with Gasteiger partial charge in [0, 0.05) is 19.0 Å². The Morgan fingerprint density at radius 3 is 2.61 bits per heavy atom. The Kier molecular flexibility index (Phi) is 7.78. The third-order valence-corrected chi connectivity index (χ3v) is 5.94. The Balaban J connectivity index is 1.40. The number of piperidine rings is 1. The number of amides is 1. The molecule has 3 rings (SSSR count). The Morgan fingerprint density at radius 2 is 1.93 bits per heavy atom. The minimum atomic E-state index is 0.155. The normalized spacial score (nSPS) is 18.4. The van der Waals surface area contributed by atoms with Crippen LogP contribution in [0.4, 0.5) is 0 Å². The van der Waals surface area contributed by atoms with Gasteiger partial charge in [0.15, 0.2) is 11.5 Å². The van der Waals surface area contributed by atoms with Gasteiger partial charge in [-0.3, -0.25) is 9.69 Å². The fourth-order valence-corrected chi connectivity index (χ4v) is 4.21. The summed E-state index contributed by atoms with van der Waals surface area (Å²) in [5, 5.41) is 3.16. The van der Waals surface area contributed by atoms with Crippen LogP contribution in [0.1, 0.15) is 50.5 Å². The zero-order valence-corrected chi connectivity index (χ0v) is 17.3. The molecule has 0 bridgehead atoms. The zero-order chi connectivity index (χ0) is 19.8. The first-order valence-electron chi connectivity index (χ1n) is 10.6. The highest BCUT2D eigenvalue weighted by molar-refractivity contribution is 5.78. The number of carbonyl (C=O) groups is 1. The highest BCUT2D eigenvalue weighted by Gasteiger charge is 2.25. The molecule has 0 radical (unpaired) electrons. The third kappa shape index (κ3) is 5.74. The predicted octanol–water partition coefficient (Wildman–Crippen LogP) is 3.92. The van der Waals surface area contributed by atoms with Gasteiger partial charge >= 0.3 is 0 Å². The molecule has 0 saturated carbocycles. The molecule has 1 aliphatic heterocycles. The third-order valence-electron chi connectivity index (χ3n) is 5.94. The van der Waals surface area contributed by atoms with Crippen molar-refractivity contribution in [3.8, 4) is 11.5 Å². The first-order valence-corrected chi connectivity index (χ1v) is 10.6. The van der Waals surface area contributed by atoms with Crippen LogP contribution in [-0.4, -0.2) is 44.7 Å². The van der Waals surface area contributed by atoms with Crippen molar-refractivity contribution in [2.75, 3.05) is 33.9 Å². The maximum atomic E-state index is 12.5. The van der Waals surface area contributed by atoms with Gasteiger partial charge in [0.05, 0.1) is 14.2 Å². The van der Waals surface area contributed by atoms with E-state index < -0.39 is 0 Å². The average Bonchev–Trinajstić information content (AvgIpc) is 2.75. The van der Waals surface area contributed by atoms with E-state index in [9.17, 15) is 4.79 Å². The quantitative estimate of drug-likeness (QED) is 0.688. The van der Waals surface area contributed by atoms with E-state index >= 15 is 0 Å². The molecule has 2 aliphatic rings. The second-order valence-electron chi connectivity index (χ2n) is 7.89. The number of methoxy groups -OCH3 is 2. The summed E-state index contributed by atoms with van der Waals surface area (Å²) in [7, 11) is 3.32. The molecule has 1 aliphatic carbocycles. The molecule has 1 aromatic rings. The van der Waals surface area contributed by atoms with Crippen molar-refractivity contribution in [2.24, 2.45) is 5.92 Å². The lowest BCUT2D eigenvalue weighted by molar-refractivity contribution is -0.126. The number of allylic oxidation sites excluding steroid dienone is 1. The fourth-order valence-electron chi connectivity index (χ4n) is 4.21. The van der Waals surface area contributed by atoms with E-state index in [0.717, 1.165) is 56.9 Å². The summed E-state index contributed by atoms with van der Waals surface area (Å²) in [4.78, 5) is 14.9. The number of benzene rings is 1. The van der Waals surface area contributed by atoms with Crippen LogP contribution < -0.4 is 14.8 Å². The maximum Gasteiger partial charge on any atom is 0.223 e. The molecule has 1 N–H and O–H groups in total. The lowest BCUT2D eigenvalue weighted by Crippen LogP contribution is -2.40. The highest BCUT2D eigenvalue weighted by Crippen LogP contribution is 2.29. The summed E-state index contributed by atoms with van der Waals surface area (Å²) in [6.45, 7) is 3.58. The topological polar surface area (TPSA) is 50.8 Å². The standard InChI is InChI=1S/C23H34N2O3/c1-27-21-9-8-19(16-22(21)28-2)17-25-14-11-20(12-15-25)23(26)24-13-10-18-6-4-3-5-7-18/h6,8-9,16,20H,3-5,7,10-15,17H2,1-2H3,(H,24,26). The van der Waals surface area contributed by atoms with Gasteiger partial charge in [-0.05, 0) is 75.7 Å². The van der Waals surface area contributed by atoms with Crippen LogP contribution in [0, 0.1) is 5.92 Å². The molecular formula is C23H34N2O3. The van der Waals surface area contributed by atoms with Crippen molar-refractivity contribution in [3.63, 3.8) is 0 Å². The van der Waals surface area contributed by atoms with Crippen molar-refractivity contribution >= 4 is 5.91 Å². The van der Waals surface area contributed by atoms with Gasteiger partial charge in [-0.15, -0.1) is 0 Å². The number of hydrogen-bond acceptors (Lipinski definition) is 4. The van der Waals surface area contributed by atoms with Crippen LogP contribution in [0.2, 0.25) is 0 Å². The minimum Gasteiger partial charge on any atom is -0.493 e. The van der Waals surface area contributed by atoms with Crippen molar-refractivity contribution in [2.45, 2.75) is 51.5 Å². The van der Waals surface area contributed by atoms with E-state index in [2.05, 4.69) is 22.4 Å². The Hall–Kier alpha value is -2.01. The van der Waals surface area contributed by atoms with E-state index in [-0.39, 0.29) is 11.8 Å². The Bertz CT molecular complexity index is 678. The van der Waals surface area contributed by atoms with Crippen molar-refractivity contribution in [1.82, 2.24) is 10.2 Å². The average molecular weight is 387 g/mol. The van der Waals surface area contributed by atoms with Crippen LogP contribution >= 0.6 is 0 Å². The van der Waals surface area contributed by atoms with Crippen molar-refractivity contribution in [3.05, 3.63) is 35.4 Å². The lowest BCUT2D eigenvalue weighted by atomic mass is 9.95. The van der Waals surface area contributed by atoms with Gasteiger partial charge in [0.1, 0.15) is 0 Å². The van der Waals surface area contributed by atoms with E-state index in [1.54, 1.807) is 14.2 Å². The van der Waals surface area contributed by atoms with Crippen LogP contribution in [0.25, 0.3) is 0 Å². The first kappa shape index (κ1) is 20.7. The molecule has 0 atom stereocenters. The summed E-state index contributed by atoms with van der Waals surface area (Å²) in [5.74, 6) is 1.91. The monoisotopic (exact) mass is 386 g/mol. The SMILES string of the molecule is COc1ccc(CN2CCC(C(=O)NCCC3=CCCCC3)CC2)cc1OC. The van der Waals surface area contributed by atoms with Crippen LogP contribution in [0.15, 0.2) is 29.8 Å². The summed E-state index contributed by atoms with van der Waals surface area (Å²) >= 11 is 0. The number of nitrogens with zero attached hydrogens (tertiary/aromatic N) is 1. The molecule has 1 aromatic carbocycles.